The first-order chi connectivity index (χ1) is 17.6. The van der Waals surface area contributed by atoms with Crippen molar-refractivity contribution in [1.29, 1.82) is 0 Å². The number of aromatic hydroxyl groups is 1. The van der Waals surface area contributed by atoms with Crippen molar-refractivity contribution in [2.45, 2.75) is 0 Å². The number of anilines is 1. The van der Waals surface area contributed by atoms with Crippen LogP contribution in [0.3, 0.4) is 0 Å². The summed E-state index contributed by atoms with van der Waals surface area (Å²) in [6.07, 6.45) is 1.23. The Bertz CT molecular complexity index is 1370. The zero-order valence-corrected chi connectivity index (χ0v) is 20.9. The Morgan fingerprint density at radius 2 is 1.89 bits per heavy atom. The molecule has 0 radical (unpaired) electrons. The highest BCUT2D eigenvalue weighted by Gasteiger charge is 2.27. The van der Waals surface area contributed by atoms with Crippen LogP contribution in [0.15, 0.2) is 36.9 Å². The second kappa shape index (κ2) is 10.6. The maximum Gasteiger partial charge on any atom is 0.319 e. The standard InChI is InChI=1S/C25H24ClF2N5O4/c1-4-18(35)32-8-10-33(11-9-32)24-14-12-15(26)20(21-16(27)6-5-7-17(21)34)22(28)23(14)29-25(30-24)37-13-19(36)31(2)3/h4-7,12,34H,1,8-11,13H2,2-3H3. The molecule has 194 valence electrons. The first-order valence-corrected chi connectivity index (χ1v) is 11.7. The first kappa shape index (κ1) is 26.1. The summed E-state index contributed by atoms with van der Waals surface area (Å²) in [4.78, 5) is 37.4. The van der Waals surface area contributed by atoms with E-state index in [0.717, 1.165) is 6.07 Å². The summed E-state index contributed by atoms with van der Waals surface area (Å²) < 4.78 is 36.1. The molecule has 0 aliphatic carbocycles. The Labute approximate surface area is 216 Å². The number of amides is 2. The number of benzene rings is 2. The number of hydrogen-bond donors (Lipinski definition) is 1. The minimum atomic E-state index is -0.990. The van der Waals surface area contributed by atoms with Crippen LogP contribution in [0.2, 0.25) is 5.02 Å². The monoisotopic (exact) mass is 531 g/mol. The van der Waals surface area contributed by atoms with Gasteiger partial charge in [-0.25, -0.2) is 8.78 Å². The van der Waals surface area contributed by atoms with E-state index in [2.05, 4.69) is 16.5 Å². The van der Waals surface area contributed by atoms with Gasteiger partial charge >= 0.3 is 6.01 Å². The van der Waals surface area contributed by atoms with E-state index >= 15 is 4.39 Å². The van der Waals surface area contributed by atoms with Gasteiger partial charge in [0.15, 0.2) is 12.4 Å². The van der Waals surface area contributed by atoms with Gasteiger partial charge in [-0.2, -0.15) is 9.97 Å². The summed E-state index contributed by atoms with van der Waals surface area (Å²) in [6.45, 7) is 4.55. The number of nitrogens with zero attached hydrogens (tertiary/aromatic N) is 5. The van der Waals surface area contributed by atoms with Gasteiger partial charge < -0.3 is 24.5 Å². The second-order valence-electron chi connectivity index (χ2n) is 8.50. The molecule has 1 saturated heterocycles. The maximum absolute atomic E-state index is 16.0. The van der Waals surface area contributed by atoms with Gasteiger partial charge in [0, 0.05) is 51.2 Å². The molecule has 0 saturated carbocycles. The van der Waals surface area contributed by atoms with E-state index < -0.39 is 29.6 Å². The maximum atomic E-state index is 16.0. The lowest BCUT2D eigenvalue weighted by Gasteiger charge is -2.35. The van der Waals surface area contributed by atoms with Crippen molar-refractivity contribution >= 4 is 40.1 Å². The van der Waals surface area contributed by atoms with Crippen LogP contribution in [-0.4, -0.2) is 83.6 Å². The molecule has 0 unspecified atom stereocenters. The zero-order chi connectivity index (χ0) is 26.9. The van der Waals surface area contributed by atoms with E-state index in [4.69, 9.17) is 16.3 Å². The van der Waals surface area contributed by atoms with Crippen molar-refractivity contribution < 1.29 is 28.2 Å². The SMILES string of the molecule is C=CC(=O)N1CCN(c2nc(OCC(=O)N(C)C)nc3c(F)c(-c4c(O)cccc4F)c(Cl)cc23)CC1. The molecule has 2 amide bonds. The van der Waals surface area contributed by atoms with Crippen LogP contribution >= 0.6 is 11.6 Å². The van der Waals surface area contributed by atoms with Gasteiger partial charge in [0.05, 0.1) is 10.6 Å². The first-order valence-electron chi connectivity index (χ1n) is 11.3. The predicted molar refractivity (Wildman–Crippen MR) is 135 cm³/mol. The van der Waals surface area contributed by atoms with Crippen molar-refractivity contribution in [2.75, 3.05) is 51.8 Å². The van der Waals surface area contributed by atoms with Gasteiger partial charge in [0.2, 0.25) is 5.91 Å². The fraction of sp³-hybridized carbons (Fsp3) is 0.280. The lowest BCUT2D eigenvalue weighted by Crippen LogP contribution is -2.48. The highest BCUT2D eigenvalue weighted by atomic mass is 35.5. The van der Waals surface area contributed by atoms with Crippen LogP contribution in [0.25, 0.3) is 22.0 Å². The summed E-state index contributed by atoms with van der Waals surface area (Å²) in [6, 6.07) is 4.70. The molecule has 12 heteroatoms. The third-order valence-corrected chi connectivity index (χ3v) is 6.27. The fourth-order valence-corrected chi connectivity index (χ4v) is 4.26. The molecule has 9 nitrogen and oxygen atoms in total. The summed E-state index contributed by atoms with van der Waals surface area (Å²) in [5.41, 5.74) is -1.01. The minimum Gasteiger partial charge on any atom is -0.507 e. The molecule has 1 aromatic heterocycles. The number of piperazine rings is 1. The molecule has 4 rings (SSSR count). The lowest BCUT2D eigenvalue weighted by molar-refractivity contribution is -0.131. The Morgan fingerprint density at radius 1 is 1.19 bits per heavy atom. The van der Waals surface area contributed by atoms with E-state index in [9.17, 15) is 19.1 Å². The van der Waals surface area contributed by atoms with Crippen LogP contribution in [0, 0.1) is 11.6 Å². The molecule has 2 aromatic carbocycles. The fourth-order valence-electron chi connectivity index (χ4n) is 3.98. The Balaban J connectivity index is 1.85. The number of phenolic OH excluding ortho intramolecular Hbond substituents is 1. The van der Waals surface area contributed by atoms with Crippen molar-refractivity contribution in [2.24, 2.45) is 0 Å². The number of halogens is 3. The quantitative estimate of drug-likeness (QED) is 0.488. The summed E-state index contributed by atoms with van der Waals surface area (Å²) in [5.74, 6) is -2.66. The molecule has 2 heterocycles. The summed E-state index contributed by atoms with van der Waals surface area (Å²) >= 11 is 6.42. The topological polar surface area (TPSA) is 99.1 Å². The second-order valence-corrected chi connectivity index (χ2v) is 8.91. The normalized spacial score (nSPS) is 13.5. The predicted octanol–water partition coefficient (Wildman–Crippen LogP) is 3.24. The molecule has 1 aliphatic rings. The molecule has 0 atom stereocenters. The van der Waals surface area contributed by atoms with E-state index in [-0.39, 0.29) is 45.1 Å². The average molecular weight is 532 g/mol. The molecule has 1 aliphatic heterocycles. The number of ether oxygens (including phenoxy) is 1. The smallest absolute Gasteiger partial charge is 0.319 e. The van der Waals surface area contributed by atoms with Crippen LogP contribution < -0.4 is 9.64 Å². The van der Waals surface area contributed by atoms with Gasteiger partial charge in [-0.05, 0) is 24.3 Å². The van der Waals surface area contributed by atoms with Gasteiger partial charge in [-0.1, -0.05) is 24.2 Å². The number of likely N-dealkylation sites (N-methyl/N-ethyl adjacent to an activating group) is 1. The molecule has 3 aromatic rings. The molecule has 37 heavy (non-hydrogen) atoms. The number of carbonyl (C=O) groups is 2. The molecular formula is C25H24ClF2N5O4. The number of carbonyl (C=O) groups excluding carboxylic acids is 2. The van der Waals surface area contributed by atoms with Crippen molar-refractivity contribution in [3.63, 3.8) is 0 Å². The molecule has 0 bridgehead atoms. The van der Waals surface area contributed by atoms with Gasteiger partial charge in [-0.3, -0.25) is 9.59 Å². The van der Waals surface area contributed by atoms with Crippen molar-refractivity contribution in [3.8, 4) is 22.9 Å². The molecule has 1 fully saturated rings. The van der Waals surface area contributed by atoms with Gasteiger partial charge in [0.1, 0.15) is 22.9 Å². The Morgan fingerprint density at radius 3 is 2.51 bits per heavy atom. The Kier molecular flexibility index (Phi) is 7.44. The zero-order valence-electron chi connectivity index (χ0n) is 20.2. The van der Waals surface area contributed by atoms with Crippen LogP contribution in [0.1, 0.15) is 0 Å². The van der Waals surface area contributed by atoms with E-state index in [1.54, 1.807) is 19.0 Å². The highest BCUT2D eigenvalue weighted by Crippen LogP contribution is 2.42. The Hall–Kier alpha value is -3.99. The average Bonchev–Trinajstić information content (AvgIpc) is 2.88. The number of phenols is 1. The molecule has 1 N–H and O–H groups in total. The van der Waals surface area contributed by atoms with Crippen LogP contribution in [-0.2, 0) is 9.59 Å². The number of aromatic nitrogens is 2. The van der Waals surface area contributed by atoms with Crippen LogP contribution in [0.5, 0.6) is 11.8 Å². The van der Waals surface area contributed by atoms with Gasteiger partial charge in [0.25, 0.3) is 5.91 Å². The third kappa shape index (κ3) is 5.12. The number of fused-ring (bicyclic) bond motifs is 1. The minimum absolute atomic E-state index is 0.160. The number of rotatable bonds is 6. The summed E-state index contributed by atoms with van der Waals surface area (Å²) in [7, 11) is 3.11. The van der Waals surface area contributed by atoms with Crippen LogP contribution in [0.4, 0.5) is 14.6 Å². The summed E-state index contributed by atoms with van der Waals surface area (Å²) in [5, 5.41) is 10.3. The van der Waals surface area contributed by atoms with E-state index in [1.165, 1.54) is 29.2 Å². The lowest BCUT2D eigenvalue weighted by atomic mass is 10.0. The van der Waals surface area contributed by atoms with E-state index in [0.29, 0.717) is 26.2 Å². The van der Waals surface area contributed by atoms with Gasteiger partial charge in [-0.15, -0.1) is 0 Å². The highest BCUT2D eigenvalue weighted by molar-refractivity contribution is 6.34. The molecular weight excluding hydrogens is 508 g/mol. The van der Waals surface area contributed by atoms with E-state index in [1.807, 2.05) is 4.90 Å². The largest absolute Gasteiger partial charge is 0.507 e. The van der Waals surface area contributed by atoms with Crippen molar-refractivity contribution in [1.82, 2.24) is 19.8 Å². The third-order valence-electron chi connectivity index (χ3n) is 5.97. The molecule has 0 spiro atoms. The number of hydrogen-bond acceptors (Lipinski definition) is 7. The van der Waals surface area contributed by atoms with Crippen molar-refractivity contribution in [3.05, 3.63) is 53.6 Å².